The van der Waals surface area contributed by atoms with Gasteiger partial charge < -0.3 is 20.2 Å². The standard InChI is InChI=1S/C12H21N3O4/c1-3-14(7-5-11(17)18)12(19)15-6-4-10(8-15)13-9(2)16/h10H,3-8H2,1-2H3,(H,13,16)(H,17,18). The number of hydrogen-bond donors (Lipinski definition) is 2. The molecule has 0 radical (unpaired) electrons. The fourth-order valence-electron chi connectivity index (χ4n) is 2.16. The third-order valence-electron chi connectivity index (χ3n) is 3.11. The first-order valence-electron chi connectivity index (χ1n) is 6.46. The molecule has 0 saturated carbocycles. The number of carboxylic acids is 1. The zero-order chi connectivity index (χ0) is 14.4. The van der Waals surface area contributed by atoms with Crippen LogP contribution in [0.2, 0.25) is 0 Å². The Balaban J connectivity index is 2.47. The van der Waals surface area contributed by atoms with Crippen LogP contribution in [0.1, 0.15) is 26.7 Å². The molecule has 2 N–H and O–H groups in total. The summed E-state index contributed by atoms with van der Waals surface area (Å²) in [6.45, 7) is 5.05. The molecule has 19 heavy (non-hydrogen) atoms. The Labute approximate surface area is 112 Å². The Hall–Kier alpha value is -1.79. The molecule has 1 aliphatic heterocycles. The summed E-state index contributed by atoms with van der Waals surface area (Å²) in [5.74, 6) is -1.01. The summed E-state index contributed by atoms with van der Waals surface area (Å²) in [5.41, 5.74) is 0. The normalized spacial score (nSPS) is 18.2. The molecule has 1 fully saturated rings. The number of carbonyl (C=O) groups is 3. The van der Waals surface area contributed by atoms with Crippen LogP contribution in [-0.2, 0) is 9.59 Å². The van der Waals surface area contributed by atoms with Crippen molar-refractivity contribution in [2.45, 2.75) is 32.7 Å². The van der Waals surface area contributed by atoms with Gasteiger partial charge in [-0.15, -0.1) is 0 Å². The summed E-state index contributed by atoms with van der Waals surface area (Å²) in [7, 11) is 0. The number of nitrogens with one attached hydrogen (secondary N) is 1. The van der Waals surface area contributed by atoms with Gasteiger partial charge in [0.1, 0.15) is 0 Å². The number of rotatable bonds is 5. The molecule has 0 aromatic rings. The third-order valence-corrected chi connectivity index (χ3v) is 3.11. The van der Waals surface area contributed by atoms with E-state index in [4.69, 9.17) is 5.11 Å². The maximum Gasteiger partial charge on any atom is 0.320 e. The van der Waals surface area contributed by atoms with Gasteiger partial charge in [-0.05, 0) is 13.3 Å². The minimum absolute atomic E-state index is 0.000343. The van der Waals surface area contributed by atoms with Crippen LogP contribution in [0.3, 0.4) is 0 Å². The van der Waals surface area contributed by atoms with Crippen LogP contribution in [0.15, 0.2) is 0 Å². The van der Waals surface area contributed by atoms with Crippen molar-refractivity contribution in [3.05, 3.63) is 0 Å². The number of urea groups is 1. The summed E-state index contributed by atoms with van der Waals surface area (Å²) in [5, 5.41) is 11.4. The van der Waals surface area contributed by atoms with Gasteiger partial charge in [0.05, 0.1) is 6.42 Å². The van der Waals surface area contributed by atoms with Crippen molar-refractivity contribution in [3.8, 4) is 0 Å². The van der Waals surface area contributed by atoms with Crippen LogP contribution in [0, 0.1) is 0 Å². The lowest BCUT2D eigenvalue weighted by Crippen LogP contribution is -2.44. The second kappa shape index (κ2) is 6.96. The van der Waals surface area contributed by atoms with E-state index < -0.39 is 5.97 Å². The molecule has 7 heteroatoms. The highest BCUT2D eigenvalue weighted by Gasteiger charge is 2.29. The fourth-order valence-corrected chi connectivity index (χ4v) is 2.16. The fraction of sp³-hybridized carbons (Fsp3) is 0.750. The predicted molar refractivity (Wildman–Crippen MR) is 68.7 cm³/mol. The lowest BCUT2D eigenvalue weighted by atomic mass is 10.3. The van der Waals surface area contributed by atoms with Crippen molar-refractivity contribution in [1.82, 2.24) is 15.1 Å². The number of nitrogens with zero attached hydrogens (tertiary/aromatic N) is 2. The Morgan fingerprint density at radius 1 is 1.42 bits per heavy atom. The van der Waals surface area contributed by atoms with E-state index in [0.29, 0.717) is 19.6 Å². The average molecular weight is 271 g/mol. The molecular formula is C12H21N3O4. The van der Waals surface area contributed by atoms with E-state index in [9.17, 15) is 14.4 Å². The second-order valence-electron chi connectivity index (χ2n) is 4.64. The Bertz CT molecular complexity index is 359. The van der Waals surface area contributed by atoms with Gasteiger partial charge in [0.25, 0.3) is 0 Å². The van der Waals surface area contributed by atoms with E-state index in [0.717, 1.165) is 6.42 Å². The summed E-state index contributed by atoms with van der Waals surface area (Å²) >= 11 is 0. The van der Waals surface area contributed by atoms with E-state index in [1.807, 2.05) is 6.92 Å². The summed E-state index contributed by atoms with van der Waals surface area (Å²) in [6, 6.07) is -0.156. The molecule has 3 amide bonds. The molecule has 1 saturated heterocycles. The second-order valence-corrected chi connectivity index (χ2v) is 4.64. The van der Waals surface area contributed by atoms with Crippen LogP contribution in [0.4, 0.5) is 4.79 Å². The smallest absolute Gasteiger partial charge is 0.320 e. The van der Waals surface area contributed by atoms with Crippen molar-refractivity contribution in [2.75, 3.05) is 26.2 Å². The summed E-state index contributed by atoms with van der Waals surface area (Å²) in [4.78, 5) is 36.8. The molecule has 1 atom stereocenters. The van der Waals surface area contributed by atoms with Crippen molar-refractivity contribution in [2.24, 2.45) is 0 Å². The minimum atomic E-state index is -0.913. The molecule has 1 heterocycles. The average Bonchev–Trinajstić information content (AvgIpc) is 2.76. The Kier molecular flexibility index (Phi) is 5.59. The quantitative estimate of drug-likeness (QED) is 0.743. The first kappa shape index (κ1) is 15.3. The highest BCUT2D eigenvalue weighted by molar-refractivity contribution is 5.76. The molecule has 0 aromatic carbocycles. The highest BCUT2D eigenvalue weighted by atomic mass is 16.4. The van der Waals surface area contributed by atoms with Crippen LogP contribution in [-0.4, -0.2) is 65.0 Å². The van der Waals surface area contributed by atoms with Crippen LogP contribution < -0.4 is 5.32 Å². The molecule has 1 aliphatic rings. The molecule has 0 aromatic heterocycles. The summed E-state index contributed by atoms with van der Waals surface area (Å²) < 4.78 is 0. The topological polar surface area (TPSA) is 90.0 Å². The monoisotopic (exact) mass is 271 g/mol. The maximum atomic E-state index is 12.2. The maximum absolute atomic E-state index is 12.2. The highest BCUT2D eigenvalue weighted by Crippen LogP contribution is 2.12. The number of hydrogen-bond acceptors (Lipinski definition) is 3. The molecular weight excluding hydrogens is 250 g/mol. The molecule has 0 aliphatic carbocycles. The van der Waals surface area contributed by atoms with Gasteiger partial charge in [-0.25, -0.2) is 4.79 Å². The van der Waals surface area contributed by atoms with Gasteiger partial charge in [0.15, 0.2) is 0 Å². The molecule has 1 unspecified atom stereocenters. The lowest BCUT2D eigenvalue weighted by molar-refractivity contribution is -0.137. The zero-order valence-corrected chi connectivity index (χ0v) is 11.4. The van der Waals surface area contributed by atoms with Crippen molar-refractivity contribution in [1.29, 1.82) is 0 Å². The Morgan fingerprint density at radius 2 is 2.11 bits per heavy atom. The van der Waals surface area contributed by atoms with Crippen molar-refractivity contribution >= 4 is 17.9 Å². The molecule has 0 spiro atoms. The van der Waals surface area contributed by atoms with Gasteiger partial charge in [-0.1, -0.05) is 0 Å². The largest absolute Gasteiger partial charge is 0.481 e. The molecule has 1 rings (SSSR count). The van der Waals surface area contributed by atoms with E-state index in [2.05, 4.69) is 5.32 Å². The van der Waals surface area contributed by atoms with E-state index in [1.165, 1.54) is 11.8 Å². The number of carbonyl (C=O) groups excluding carboxylic acids is 2. The Morgan fingerprint density at radius 3 is 2.63 bits per heavy atom. The number of carboxylic acid groups (broad SMARTS) is 1. The molecule has 108 valence electrons. The number of amides is 3. The SMILES string of the molecule is CCN(CCC(=O)O)C(=O)N1CCC(NC(C)=O)C1. The van der Waals surface area contributed by atoms with Gasteiger partial charge in [-0.3, -0.25) is 9.59 Å². The van der Waals surface area contributed by atoms with Gasteiger partial charge >= 0.3 is 12.0 Å². The van der Waals surface area contributed by atoms with Gasteiger partial charge in [0, 0.05) is 39.1 Å². The van der Waals surface area contributed by atoms with Crippen LogP contribution in [0.25, 0.3) is 0 Å². The van der Waals surface area contributed by atoms with Gasteiger partial charge in [-0.2, -0.15) is 0 Å². The third kappa shape index (κ3) is 4.76. The van der Waals surface area contributed by atoms with E-state index >= 15 is 0 Å². The minimum Gasteiger partial charge on any atom is -0.481 e. The summed E-state index contributed by atoms with van der Waals surface area (Å²) in [6.07, 6.45) is 0.685. The van der Waals surface area contributed by atoms with E-state index in [1.54, 1.807) is 4.90 Å². The predicted octanol–water partition coefficient (Wildman–Crippen LogP) is 0.113. The lowest BCUT2D eigenvalue weighted by Gasteiger charge is -2.26. The zero-order valence-electron chi connectivity index (χ0n) is 11.4. The number of aliphatic carboxylic acids is 1. The van der Waals surface area contributed by atoms with E-state index in [-0.39, 0.29) is 30.9 Å². The van der Waals surface area contributed by atoms with Crippen LogP contribution in [0.5, 0.6) is 0 Å². The molecule has 7 nitrogen and oxygen atoms in total. The van der Waals surface area contributed by atoms with Gasteiger partial charge in [0.2, 0.25) is 5.91 Å². The first-order chi connectivity index (χ1) is 8.93. The molecule has 0 bridgehead atoms. The van der Waals surface area contributed by atoms with Crippen molar-refractivity contribution < 1.29 is 19.5 Å². The van der Waals surface area contributed by atoms with Crippen molar-refractivity contribution in [3.63, 3.8) is 0 Å². The number of likely N-dealkylation sites (tertiary alicyclic amines) is 1. The van der Waals surface area contributed by atoms with Crippen LogP contribution >= 0.6 is 0 Å². The first-order valence-corrected chi connectivity index (χ1v) is 6.46.